The van der Waals surface area contributed by atoms with Crippen LogP contribution in [0.25, 0.3) is 0 Å². The molecule has 1 N–H and O–H groups in total. The fraction of sp³-hybridized carbons (Fsp3) is 1.00. The average molecular weight is 179 g/mol. The maximum atomic E-state index is 9.18. The molecule has 0 radical (unpaired) electrons. The number of rotatable bonds is 1. The molecule has 1 heterocycles. The van der Waals surface area contributed by atoms with Crippen LogP contribution in [0.5, 0.6) is 0 Å². The van der Waals surface area contributed by atoms with Crippen LogP contribution in [0, 0.1) is 5.41 Å². The van der Waals surface area contributed by atoms with Gasteiger partial charge >= 0.3 is 18.9 Å². The van der Waals surface area contributed by atoms with E-state index < -0.39 is 0 Å². The number of aliphatic hydroxyl groups is 1. The van der Waals surface area contributed by atoms with E-state index in [4.69, 9.17) is 0 Å². The second-order valence-corrected chi connectivity index (χ2v) is 4.95. The maximum Gasteiger partial charge on any atom is 1.00 e. The first-order chi connectivity index (χ1) is 5.42. The molecule has 1 aliphatic rings. The van der Waals surface area contributed by atoms with E-state index in [1.807, 2.05) is 0 Å². The summed E-state index contributed by atoms with van der Waals surface area (Å²) in [6.45, 7) is 10.2. The molecule has 2 nitrogen and oxygen atoms in total. The van der Waals surface area contributed by atoms with Gasteiger partial charge in [0.25, 0.3) is 0 Å². The molecule has 0 amide bonds. The van der Waals surface area contributed by atoms with Crippen LogP contribution in [-0.4, -0.2) is 28.8 Å². The average Bonchev–Trinajstić information content (AvgIpc) is 1.95. The molecular formula is C10H22LiNO. The van der Waals surface area contributed by atoms with Crippen molar-refractivity contribution in [3.05, 3.63) is 0 Å². The molecule has 0 aromatic rings. The molecule has 13 heavy (non-hydrogen) atoms. The van der Waals surface area contributed by atoms with Crippen molar-refractivity contribution in [3.8, 4) is 0 Å². The first kappa shape index (κ1) is 13.5. The van der Waals surface area contributed by atoms with E-state index in [0.29, 0.717) is 5.41 Å². The van der Waals surface area contributed by atoms with E-state index in [1.54, 1.807) is 0 Å². The first-order valence-electron chi connectivity index (χ1n) is 4.78. The molecule has 0 bridgehead atoms. The number of hydrogen-bond acceptors (Lipinski definition) is 2. The minimum atomic E-state index is 0. The molecule has 1 aliphatic heterocycles. The van der Waals surface area contributed by atoms with Crippen molar-refractivity contribution in [2.45, 2.75) is 46.1 Å². The fourth-order valence-corrected chi connectivity index (χ4v) is 1.97. The predicted octanol–water partition coefficient (Wildman–Crippen LogP) is -1.05. The van der Waals surface area contributed by atoms with E-state index in [0.717, 1.165) is 6.54 Å². The van der Waals surface area contributed by atoms with E-state index >= 15 is 0 Å². The molecule has 0 unspecified atom stereocenters. The molecule has 3 heteroatoms. The Morgan fingerprint density at radius 1 is 1.31 bits per heavy atom. The third-order valence-corrected chi connectivity index (χ3v) is 3.85. The van der Waals surface area contributed by atoms with Crippen LogP contribution in [0.15, 0.2) is 0 Å². The Bertz CT molecular complexity index is 174. The van der Waals surface area contributed by atoms with Gasteiger partial charge in [0.2, 0.25) is 0 Å². The summed E-state index contributed by atoms with van der Waals surface area (Å²) in [4.78, 5) is 2.16. The Kier molecular flexibility index (Phi) is 4.53. The van der Waals surface area contributed by atoms with E-state index in [1.165, 1.54) is 12.8 Å². The van der Waals surface area contributed by atoms with Gasteiger partial charge in [-0.25, -0.2) is 0 Å². The Balaban J connectivity index is 0. The number of hydrogen-bond donors (Lipinski definition) is 1. The minimum Gasteiger partial charge on any atom is -1.00 e. The summed E-state index contributed by atoms with van der Waals surface area (Å²) in [7, 11) is 0. The predicted molar refractivity (Wildman–Crippen MR) is 52.0 cm³/mol. The summed E-state index contributed by atoms with van der Waals surface area (Å²) in [5.41, 5.74) is 0.438. The number of piperidine rings is 1. The van der Waals surface area contributed by atoms with Gasteiger partial charge in [-0.1, -0.05) is 13.8 Å². The van der Waals surface area contributed by atoms with E-state index in [2.05, 4.69) is 32.6 Å². The van der Waals surface area contributed by atoms with Gasteiger partial charge in [0.05, 0.1) is 6.73 Å². The fourth-order valence-electron chi connectivity index (χ4n) is 1.97. The molecular weight excluding hydrogens is 157 g/mol. The first-order valence-corrected chi connectivity index (χ1v) is 4.78. The van der Waals surface area contributed by atoms with Crippen LogP contribution in [-0.2, 0) is 0 Å². The van der Waals surface area contributed by atoms with Crippen molar-refractivity contribution in [2.75, 3.05) is 13.3 Å². The Morgan fingerprint density at radius 3 is 2.23 bits per heavy atom. The third-order valence-electron chi connectivity index (χ3n) is 3.85. The topological polar surface area (TPSA) is 23.5 Å². The number of aliphatic hydroxyl groups excluding tert-OH is 1. The summed E-state index contributed by atoms with van der Waals surface area (Å²) in [5.74, 6) is 0. The second kappa shape index (κ2) is 4.36. The summed E-state index contributed by atoms with van der Waals surface area (Å²) < 4.78 is 0. The zero-order valence-electron chi connectivity index (χ0n) is 10.7. The van der Waals surface area contributed by atoms with Gasteiger partial charge in [-0.2, -0.15) is 0 Å². The maximum absolute atomic E-state index is 9.18. The molecule has 1 saturated heterocycles. The Labute approximate surface area is 95.4 Å². The SMILES string of the molecule is CC1(C)CCCN(CO)C1(C)C.[H-].[Li+]. The smallest absolute Gasteiger partial charge is 1.00 e. The van der Waals surface area contributed by atoms with Crippen molar-refractivity contribution < 1.29 is 25.4 Å². The van der Waals surface area contributed by atoms with Gasteiger partial charge in [-0.05, 0) is 32.1 Å². The monoisotopic (exact) mass is 179 g/mol. The minimum absolute atomic E-state index is 0. The molecule has 0 aliphatic carbocycles. The number of likely N-dealkylation sites (tertiary alicyclic amines) is 1. The normalized spacial score (nSPS) is 26.5. The van der Waals surface area contributed by atoms with Crippen molar-refractivity contribution in [3.63, 3.8) is 0 Å². The van der Waals surface area contributed by atoms with Crippen molar-refractivity contribution >= 4 is 0 Å². The quantitative estimate of drug-likeness (QED) is 0.519. The van der Waals surface area contributed by atoms with Gasteiger partial charge in [0.1, 0.15) is 0 Å². The van der Waals surface area contributed by atoms with E-state index in [-0.39, 0.29) is 32.6 Å². The molecule has 1 fully saturated rings. The molecule has 1 rings (SSSR count). The molecule has 0 spiro atoms. The summed E-state index contributed by atoms with van der Waals surface area (Å²) >= 11 is 0. The van der Waals surface area contributed by atoms with Crippen LogP contribution < -0.4 is 18.9 Å². The molecule has 0 aromatic carbocycles. The molecule has 0 saturated carbocycles. The van der Waals surface area contributed by atoms with Gasteiger partial charge in [0.15, 0.2) is 0 Å². The van der Waals surface area contributed by atoms with Gasteiger partial charge < -0.3 is 6.53 Å². The third kappa shape index (κ3) is 2.30. The molecule has 0 aromatic heterocycles. The zero-order valence-corrected chi connectivity index (χ0v) is 9.72. The van der Waals surface area contributed by atoms with Crippen LogP contribution >= 0.6 is 0 Å². The molecule has 0 atom stereocenters. The zero-order chi connectivity index (χ0) is 9.41. The summed E-state index contributed by atoms with van der Waals surface area (Å²) in [6, 6.07) is 0. The summed E-state index contributed by atoms with van der Waals surface area (Å²) in [6.07, 6.45) is 2.47. The number of nitrogens with zero attached hydrogens (tertiary/aromatic N) is 1. The standard InChI is InChI=1S/C10H21NO.Li.H/c1-9(2)6-5-7-11(8-12)10(9,3)4;;/h12H,5-8H2,1-4H3;;/q;+1;-1. The van der Waals surface area contributed by atoms with Crippen molar-refractivity contribution in [1.29, 1.82) is 0 Å². The van der Waals surface area contributed by atoms with Gasteiger partial charge in [0, 0.05) is 12.1 Å². The molecule has 74 valence electrons. The van der Waals surface area contributed by atoms with Crippen LogP contribution in [0.4, 0.5) is 0 Å². The van der Waals surface area contributed by atoms with E-state index in [9.17, 15) is 5.11 Å². The van der Waals surface area contributed by atoms with Crippen LogP contribution in [0.3, 0.4) is 0 Å². The van der Waals surface area contributed by atoms with Crippen LogP contribution in [0.1, 0.15) is 42.0 Å². The van der Waals surface area contributed by atoms with Gasteiger partial charge in [-0.3, -0.25) is 4.90 Å². The van der Waals surface area contributed by atoms with Gasteiger partial charge in [-0.15, -0.1) is 0 Å². The Morgan fingerprint density at radius 2 is 1.85 bits per heavy atom. The van der Waals surface area contributed by atoms with Crippen molar-refractivity contribution in [2.24, 2.45) is 5.41 Å². The van der Waals surface area contributed by atoms with Crippen LogP contribution in [0.2, 0.25) is 0 Å². The summed E-state index contributed by atoms with van der Waals surface area (Å²) in [5, 5.41) is 9.18. The largest absolute Gasteiger partial charge is 1.00 e. The Hall–Kier alpha value is 0.517. The van der Waals surface area contributed by atoms with Crippen molar-refractivity contribution in [1.82, 2.24) is 4.90 Å². The second-order valence-electron chi connectivity index (χ2n) is 4.95.